The Bertz CT molecular complexity index is 786. The van der Waals surface area contributed by atoms with Crippen LogP contribution in [0.3, 0.4) is 0 Å². The Morgan fingerprint density at radius 3 is 1.88 bits per heavy atom. The van der Waals surface area contributed by atoms with Crippen LogP contribution in [0.5, 0.6) is 0 Å². The monoisotopic (exact) mass is 390 g/mol. The Morgan fingerprint density at radius 1 is 1.17 bits per heavy atom. The second kappa shape index (κ2) is 6.60. The van der Waals surface area contributed by atoms with Crippen LogP contribution in [0.25, 0.3) is 0 Å². The molecule has 0 unspecified atom stereocenters. The molecule has 0 aliphatic rings. The summed E-state index contributed by atoms with van der Waals surface area (Å²) in [6, 6.07) is 0.361. The lowest BCUT2D eigenvalue weighted by Crippen LogP contribution is -2.18. The van der Waals surface area contributed by atoms with Gasteiger partial charge in [-0.2, -0.15) is 13.2 Å². The van der Waals surface area contributed by atoms with Crippen LogP contribution in [0.1, 0.15) is 0 Å². The fourth-order valence-electron chi connectivity index (χ4n) is 1.59. The Kier molecular flexibility index (Phi) is 5.40. The van der Waals surface area contributed by atoms with Crippen LogP contribution < -0.4 is 0 Å². The van der Waals surface area contributed by atoms with Gasteiger partial charge < -0.3 is 5.11 Å². The largest absolute Gasteiger partial charge is 0.480 e. The van der Waals surface area contributed by atoms with Crippen molar-refractivity contribution < 1.29 is 41.3 Å². The van der Waals surface area contributed by atoms with E-state index in [0.717, 1.165) is 0 Å². The molecule has 0 bridgehead atoms. The van der Waals surface area contributed by atoms with Gasteiger partial charge in [0.25, 0.3) is 11.4 Å². The van der Waals surface area contributed by atoms with E-state index in [-0.39, 0.29) is 12.1 Å². The van der Waals surface area contributed by atoms with Gasteiger partial charge in [-0.1, -0.05) is 0 Å². The highest BCUT2D eigenvalue weighted by atomic mass is 32.2. The topological polar surface area (TPSA) is 158 Å². The van der Waals surface area contributed by atoms with Crippen molar-refractivity contribution in [2.45, 2.75) is 15.3 Å². The van der Waals surface area contributed by atoms with E-state index in [0.29, 0.717) is 0 Å². The van der Waals surface area contributed by atoms with Crippen LogP contribution in [0.4, 0.5) is 24.5 Å². The molecule has 0 radical (unpaired) electrons. The number of thioether (sulfide) groups is 1. The highest BCUT2D eigenvalue weighted by Crippen LogP contribution is 2.43. The summed E-state index contributed by atoms with van der Waals surface area (Å²) in [7, 11) is -5.04. The van der Waals surface area contributed by atoms with Crippen molar-refractivity contribution >= 4 is 38.9 Å². The Balaban J connectivity index is 3.77. The molecule has 132 valence electrons. The average Bonchev–Trinajstić information content (AvgIpc) is 2.33. The first kappa shape index (κ1) is 19.6. The van der Waals surface area contributed by atoms with Crippen molar-refractivity contribution in [3.63, 3.8) is 0 Å². The van der Waals surface area contributed by atoms with Crippen LogP contribution in [0, 0.1) is 20.2 Å². The van der Waals surface area contributed by atoms with E-state index in [4.69, 9.17) is 5.11 Å². The van der Waals surface area contributed by atoms with E-state index >= 15 is 0 Å². The summed E-state index contributed by atoms with van der Waals surface area (Å²) in [5.41, 5.74) is -7.97. The van der Waals surface area contributed by atoms with E-state index in [1.165, 1.54) is 0 Å². The summed E-state index contributed by atoms with van der Waals surface area (Å²) in [5.74, 6) is -3.66. The Morgan fingerprint density at radius 2 is 1.58 bits per heavy atom. The van der Waals surface area contributed by atoms with Crippen molar-refractivity contribution in [2.75, 3.05) is 5.75 Å². The number of hydrogen-bond donors (Lipinski definition) is 1. The predicted octanol–water partition coefficient (Wildman–Crippen LogP) is 1.97. The average molecular weight is 390 g/mol. The van der Waals surface area contributed by atoms with Gasteiger partial charge in [0.05, 0.1) is 9.85 Å². The van der Waals surface area contributed by atoms with Gasteiger partial charge in [0.15, 0.2) is 5.75 Å². The summed E-state index contributed by atoms with van der Waals surface area (Å²) in [6.07, 6.45) is 0. The molecule has 10 nitrogen and oxygen atoms in total. The first-order chi connectivity index (χ1) is 10.7. The molecular formula is C9H5F3N2O8S2. The molecule has 0 saturated carbocycles. The van der Waals surface area contributed by atoms with Crippen molar-refractivity contribution in [3.05, 3.63) is 32.4 Å². The summed E-state index contributed by atoms with van der Waals surface area (Å²) in [4.78, 5) is 26.9. The van der Waals surface area contributed by atoms with E-state index in [2.05, 4.69) is 0 Å². The number of nitro groups is 2. The third kappa shape index (κ3) is 4.79. The molecule has 0 atom stereocenters. The number of rotatable bonds is 6. The third-order valence-electron chi connectivity index (χ3n) is 2.27. The van der Waals surface area contributed by atoms with Crippen LogP contribution in [-0.2, 0) is 14.6 Å². The minimum absolute atomic E-state index is 0.180. The molecule has 24 heavy (non-hydrogen) atoms. The molecule has 0 aliphatic carbocycles. The lowest BCUT2D eigenvalue weighted by molar-refractivity contribution is -0.400. The summed E-state index contributed by atoms with van der Waals surface area (Å²) >= 11 is -0.923. The molecule has 0 aromatic heterocycles. The molecule has 0 aliphatic heterocycles. The zero-order chi connectivity index (χ0) is 18.9. The summed E-state index contributed by atoms with van der Waals surface area (Å²) < 4.78 is 60.8. The summed E-state index contributed by atoms with van der Waals surface area (Å²) in [5, 5.41) is 30.4. The smallest absolute Gasteiger partial charge is 0.446 e. The number of carboxylic acid groups (broad SMARTS) is 1. The number of alkyl halides is 3. The van der Waals surface area contributed by atoms with Gasteiger partial charge in [-0.05, 0) is 11.8 Å². The maximum Gasteiger partial charge on any atom is 0.446 e. The van der Waals surface area contributed by atoms with Gasteiger partial charge >= 0.3 is 11.5 Å². The fraction of sp³-hybridized carbons (Fsp3) is 0.222. The number of benzene rings is 1. The maximum absolute atomic E-state index is 12.3. The highest BCUT2D eigenvalue weighted by molar-refractivity contribution is 8.00. The lowest BCUT2D eigenvalue weighted by Gasteiger charge is -2.08. The number of halogens is 3. The lowest BCUT2D eigenvalue weighted by atomic mass is 10.3. The van der Waals surface area contributed by atoms with Gasteiger partial charge in [0, 0.05) is 17.0 Å². The molecule has 15 heteroatoms. The van der Waals surface area contributed by atoms with E-state index in [1.54, 1.807) is 0 Å². The summed E-state index contributed by atoms with van der Waals surface area (Å²) in [6.45, 7) is 0. The van der Waals surface area contributed by atoms with Gasteiger partial charge in [-0.15, -0.1) is 0 Å². The van der Waals surface area contributed by atoms with Crippen LogP contribution >= 0.6 is 11.8 Å². The zero-order valence-electron chi connectivity index (χ0n) is 11.0. The van der Waals surface area contributed by atoms with Crippen molar-refractivity contribution in [1.82, 2.24) is 0 Å². The molecule has 0 spiro atoms. The third-order valence-corrected chi connectivity index (χ3v) is 4.64. The highest BCUT2D eigenvalue weighted by Gasteiger charge is 2.39. The molecule has 0 saturated heterocycles. The number of nitrogens with zero attached hydrogens (tertiary/aromatic N) is 2. The van der Waals surface area contributed by atoms with Gasteiger partial charge in [0.2, 0.25) is 14.7 Å². The molecule has 1 rings (SSSR count). The maximum atomic E-state index is 12.3. The Hall–Kier alpha value is -2.42. The molecule has 0 fully saturated rings. The van der Waals surface area contributed by atoms with E-state index in [9.17, 15) is 46.6 Å². The zero-order valence-corrected chi connectivity index (χ0v) is 12.6. The first-order valence-electron chi connectivity index (χ1n) is 5.41. The SMILES string of the molecule is O=C(O)CS(=O)(=O)c1c([N+](=O)[O-])cc(SC(F)(F)F)cc1[N+](=O)[O-]. The standard InChI is InChI=1S/C9H5F3N2O8S2/c10-9(11,12)23-4-1-5(13(17)18)8(6(2-4)14(19)20)24(21,22)3-7(15)16/h1-2H,3H2,(H,15,16). The van der Waals surface area contributed by atoms with Crippen LogP contribution in [0.15, 0.2) is 21.9 Å². The molecule has 0 heterocycles. The predicted molar refractivity (Wildman–Crippen MR) is 71.4 cm³/mol. The number of aliphatic carboxylic acids is 1. The van der Waals surface area contributed by atoms with E-state index in [1.807, 2.05) is 0 Å². The number of hydrogen-bond acceptors (Lipinski definition) is 8. The van der Waals surface area contributed by atoms with Gasteiger partial charge in [0.1, 0.15) is 0 Å². The quantitative estimate of drug-likeness (QED) is 0.435. The Labute approximate surface area is 134 Å². The van der Waals surface area contributed by atoms with E-state index < -0.39 is 69.8 Å². The number of sulfone groups is 1. The van der Waals surface area contributed by atoms with Gasteiger partial charge in [-0.3, -0.25) is 25.0 Å². The minimum Gasteiger partial charge on any atom is -0.480 e. The van der Waals surface area contributed by atoms with Gasteiger partial charge in [-0.25, -0.2) is 8.42 Å². The molecule has 1 aromatic carbocycles. The van der Waals surface area contributed by atoms with Crippen molar-refractivity contribution in [3.8, 4) is 0 Å². The molecule has 1 aromatic rings. The van der Waals surface area contributed by atoms with Crippen LogP contribution in [0.2, 0.25) is 0 Å². The number of nitro benzene ring substituents is 2. The second-order valence-electron chi connectivity index (χ2n) is 4.01. The normalized spacial score (nSPS) is 12.0. The van der Waals surface area contributed by atoms with Crippen LogP contribution in [-0.4, -0.2) is 40.6 Å². The molecule has 1 N–H and O–H groups in total. The second-order valence-corrected chi connectivity index (χ2v) is 7.07. The first-order valence-corrected chi connectivity index (χ1v) is 7.88. The van der Waals surface area contributed by atoms with Crippen molar-refractivity contribution in [2.24, 2.45) is 0 Å². The van der Waals surface area contributed by atoms with Crippen molar-refractivity contribution in [1.29, 1.82) is 0 Å². The molecule has 0 amide bonds. The fourth-order valence-corrected chi connectivity index (χ4v) is 3.57. The number of carboxylic acids is 1. The number of carbonyl (C=O) groups is 1. The molecular weight excluding hydrogens is 385 g/mol. The minimum atomic E-state index is -5.04.